The van der Waals surface area contributed by atoms with Crippen molar-refractivity contribution in [2.45, 2.75) is 18.9 Å². The van der Waals surface area contributed by atoms with E-state index in [2.05, 4.69) is 6.58 Å². The van der Waals surface area contributed by atoms with Gasteiger partial charge in [-0.1, -0.05) is 55.1 Å². The Labute approximate surface area is 120 Å². The summed E-state index contributed by atoms with van der Waals surface area (Å²) in [5, 5.41) is 10.6. The van der Waals surface area contributed by atoms with E-state index >= 15 is 0 Å². The van der Waals surface area contributed by atoms with Crippen LogP contribution in [0, 0.1) is 0 Å². The van der Waals surface area contributed by atoms with Crippen LogP contribution in [0.5, 0.6) is 5.75 Å². The molecule has 0 saturated heterocycles. The van der Waals surface area contributed by atoms with E-state index in [4.69, 9.17) is 4.74 Å². The Kier molecular flexibility index (Phi) is 4.59. The average molecular weight is 268 g/mol. The summed E-state index contributed by atoms with van der Waals surface area (Å²) in [6.45, 7) is 5.96. The smallest absolute Gasteiger partial charge is 0.119 e. The van der Waals surface area contributed by atoms with E-state index in [1.165, 1.54) is 0 Å². The first-order chi connectivity index (χ1) is 9.62. The van der Waals surface area contributed by atoms with E-state index in [1.54, 1.807) is 6.08 Å². The third kappa shape index (κ3) is 3.72. The highest BCUT2D eigenvalue weighted by molar-refractivity contribution is 5.30. The molecular weight excluding hydrogens is 248 g/mol. The molecule has 0 saturated carbocycles. The molecule has 1 N–H and O–H groups in total. The zero-order valence-corrected chi connectivity index (χ0v) is 11.8. The average Bonchev–Trinajstić information content (AvgIpc) is 2.47. The summed E-state index contributed by atoms with van der Waals surface area (Å²) in [5.41, 5.74) is 1.13. The number of hydrogen-bond acceptors (Lipinski definition) is 2. The molecule has 0 spiro atoms. The van der Waals surface area contributed by atoms with Gasteiger partial charge in [0.2, 0.25) is 0 Å². The molecule has 0 aliphatic rings. The van der Waals surface area contributed by atoms with Gasteiger partial charge in [0, 0.05) is 6.42 Å². The predicted octanol–water partition coefficient (Wildman–Crippen LogP) is 3.70. The molecule has 2 aromatic rings. The lowest BCUT2D eigenvalue weighted by Gasteiger charge is -2.24. The Morgan fingerprint density at radius 1 is 1.10 bits per heavy atom. The van der Waals surface area contributed by atoms with Crippen LogP contribution in [-0.4, -0.2) is 11.7 Å². The highest BCUT2D eigenvalue weighted by Crippen LogP contribution is 2.25. The molecule has 0 bridgehead atoms. The molecule has 0 fully saturated rings. The molecule has 2 rings (SSSR count). The topological polar surface area (TPSA) is 29.5 Å². The third-order valence-electron chi connectivity index (χ3n) is 3.24. The lowest BCUT2D eigenvalue weighted by Crippen LogP contribution is -2.24. The van der Waals surface area contributed by atoms with Crippen molar-refractivity contribution in [2.75, 3.05) is 6.61 Å². The normalized spacial score (nSPS) is 13.5. The van der Waals surface area contributed by atoms with Gasteiger partial charge in [-0.25, -0.2) is 0 Å². The van der Waals surface area contributed by atoms with Crippen molar-refractivity contribution in [1.82, 2.24) is 0 Å². The summed E-state index contributed by atoms with van der Waals surface area (Å²) in [6, 6.07) is 17.5. The van der Waals surface area contributed by atoms with Crippen molar-refractivity contribution in [3.05, 3.63) is 78.4 Å². The molecule has 0 aliphatic carbocycles. The van der Waals surface area contributed by atoms with Gasteiger partial charge in [0.25, 0.3) is 0 Å². The molecule has 0 unspecified atom stereocenters. The maximum atomic E-state index is 10.6. The van der Waals surface area contributed by atoms with Crippen LogP contribution in [0.15, 0.2) is 67.3 Å². The van der Waals surface area contributed by atoms with E-state index in [-0.39, 0.29) is 0 Å². The number of aliphatic hydroxyl groups is 1. The van der Waals surface area contributed by atoms with Gasteiger partial charge in [0.05, 0.1) is 5.60 Å². The number of benzene rings is 2. The molecule has 104 valence electrons. The molecule has 1 atom stereocenters. The van der Waals surface area contributed by atoms with Crippen molar-refractivity contribution in [1.29, 1.82) is 0 Å². The second-order valence-corrected chi connectivity index (χ2v) is 5.06. The van der Waals surface area contributed by atoms with Crippen molar-refractivity contribution in [2.24, 2.45) is 0 Å². The fraction of sp³-hybridized carbons (Fsp3) is 0.222. The molecule has 0 aliphatic heterocycles. The Bertz CT molecular complexity index is 541. The summed E-state index contributed by atoms with van der Waals surface area (Å²) < 4.78 is 5.44. The molecule has 2 heteroatoms. The first kappa shape index (κ1) is 14.4. The first-order valence-corrected chi connectivity index (χ1v) is 6.72. The molecule has 0 amide bonds. The number of ether oxygens (including phenoxy) is 1. The van der Waals surface area contributed by atoms with Crippen molar-refractivity contribution in [3.63, 3.8) is 0 Å². The van der Waals surface area contributed by atoms with Gasteiger partial charge < -0.3 is 9.84 Å². The minimum atomic E-state index is -0.870. The number of hydrogen-bond donors (Lipinski definition) is 1. The van der Waals surface area contributed by atoms with Crippen LogP contribution < -0.4 is 4.74 Å². The largest absolute Gasteiger partial charge is 0.490 e. The van der Waals surface area contributed by atoms with Gasteiger partial charge in [-0.15, -0.1) is 0 Å². The summed E-state index contributed by atoms with van der Waals surface area (Å²) in [7, 11) is 0. The fourth-order valence-electron chi connectivity index (χ4n) is 2.16. The molecule has 20 heavy (non-hydrogen) atoms. The zero-order chi connectivity index (χ0) is 14.4. The molecular formula is C18H20O2. The van der Waals surface area contributed by atoms with Crippen LogP contribution in [0.2, 0.25) is 0 Å². The molecule has 0 aromatic heterocycles. The van der Waals surface area contributed by atoms with Gasteiger partial charge >= 0.3 is 0 Å². The van der Waals surface area contributed by atoms with Crippen LogP contribution in [-0.2, 0) is 12.0 Å². The van der Waals surface area contributed by atoms with Gasteiger partial charge in [0.1, 0.15) is 12.4 Å². The SMILES string of the molecule is C=CCOc1ccc(C[C@@](C)(O)c2ccccc2)cc1. The van der Waals surface area contributed by atoms with Crippen LogP contribution >= 0.6 is 0 Å². The van der Waals surface area contributed by atoms with Crippen molar-refractivity contribution >= 4 is 0 Å². The fourth-order valence-corrected chi connectivity index (χ4v) is 2.16. The first-order valence-electron chi connectivity index (χ1n) is 6.72. The Morgan fingerprint density at radius 3 is 2.35 bits per heavy atom. The van der Waals surface area contributed by atoms with Gasteiger partial charge in [0.15, 0.2) is 0 Å². The summed E-state index contributed by atoms with van der Waals surface area (Å²) in [4.78, 5) is 0. The second-order valence-electron chi connectivity index (χ2n) is 5.06. The summed E-state index contributed by atoms with van der Waals surface area (Å²) in [6.07, 6.45) is 2.28. The Hall–Kier alpha value is -2.06. The van der Waals surface area contributed by atoms with E-state index in [0.29, 0.717) is 13.0 Å². The lowest BCUT2D eigenvalue weighted by molar-refractivity contribution is 0.0576. The molecule has 2 nitrogen and oxygen atoms in total. The highest BCUT2D eigenvalue weighted by atomic mass is 16.5. The predicted molar refractivity (Wildman–Crippen MR) is 81.9 cm³/mol. The van der Waals surface area contributed by atoms with Gasteiger partial charge in [-0.3, -0.25) is 0 Å². The van der Waals surface area contributed by atoms with E-state index in [9.17, 15) is 5.11 Å². The quantitative estimate of drug-likeness (QED) is 0.809. The standard InChI is InChI=1S/C18H20O2/c1-3-13-20-17-11-9-15(10-12-17)14-18(2,19)16-7-5-4-6-8-16/h3-12,19H,1,13-14H2,2H3/t18-/m1/s1. The van der Waals surface area contributed by atoms with Crippen LogP contribution in [0.4, 0.5) is 0 Å². The molecule has 2 aromatic carbocycles. The highest BCUT2D eigenvalue weighted by Gasteiger charge is 2.23. The monoisotopic (exact) mass is 268 g/mol. The summed E-state index contributed by atoms with van der Waals surface area (Å²) in [5.74, 6) is 0.813. The van der Waals surface area contributed by atoms with Crippen molar-refractivity contribution < 1.29 is 9.84 Å². The Morgan fingerprint density at radius 2 is 1.75 bits per heavy atom. The van der Waals surface area contributed by atoms with Crippen LogP contribution in [0.1, 0.15) is 18.1 Å². The third-order valence-corrected chi connectivity index (χ3v) is 3.24. The van der Waals surface area contributed by atoms with Crippen LogP contribution in [0.3, 0.4) is 0 Å². The van der Waals surface area contributed by atoms with Gasteiger partial charge in [-0.2, -0.15) is 0 Å². The van der Waals surface area contributed by atoms with Gasteiger partial charge in [-0.05, 0) is 30.2 Å². The maximum absolute atomic E-state index is 10.6. The molecule has 0 radical (unpaired) electrons. The summed E-state index contributed by atoms with van der Waals surface area (Å²) >= 11 is 0. The molecule has 0 heterocycles. The van der Waals surface area contributed by atoms with E-state index in [0.717, 1.165) is 16.9 Å². The number of rotatable bonds is 6. The maximum Gasteiger partial charge on any atom is 0.119 e. The Balaban J connectivity index is 2.07. The lowest BCUT2D eigenvalue weighted by atomic mass is 9.89. The minimum absolute atomic E-state index is 0.501. The van der Waals surface area contributed by atoms with Crippen LogP contribution in [0.25, 0.3) is 0 Å². The minimum Gasteiger partial charge on any atom is -0.490 e. The van der Waals surface area contributed by atoms with Crippen molar-refractivity contribution in [3.8, 4) is 5.75 Å². The van der Waals surface area contributed by atoms with E-state index in [1.807, 2.05) is 61.5 Å². The second kappa shape index (κ2) is 6.40. The van der Waals surface area contributed by atoms with E-state index < -0.39 is 5.60 Å². The zero-order valence-electron chi connectivity index (χ0n) is 11.8.